The molecule has 3 rings (SSSR count). The zero-order valence-electron chi connectivity index (χ0n) is 13.3. The van der Waals surface area contributed by atoms with Crippen LogP contribution in [0, 0.1) is 5.82 Å². The molecule has 1 aliphatic heterocycles. The average Bonchev–Trinajstić information content (AvgIpc) is 2.91. The highest BCUT2D eigenvalue weighted by Crippen LogP contribution is 2.25. The van der Waals surface area contributed by atoms with E-state index in [0.29, 0.717) is 30.3 Å². The van der Waals surface area contributed by atoms with Crippen LogP contribution in [0.15, 0.2) is 36.7 Å². The number of anilines is 3. The van der Waals surface area contributed by atoms with Gasteiger partial charge in [-0.2, -0.15) is 0 Å². The minimum absolute atomic E-state index is 0.0868. The second-order valence-corrected chi connectivity index (χ2v) is 7.94. The molecule has 8 heteroatoms. The summed E-state index contributed by atoms with van der Waals surface area (Å²) in [4.78, 5) is 10.3. The summed E-state index contributed by atoms with van der Waals surface area (Å²) in [6.07, 6.45) is 1.99. The number of benzene rings is 1. The number of hydrogen-bond acceptors (Lipinski definition) is 6. The topological polar surface area (TPSA) is 75.2 Å². The molecule has 1 saturated heterocycles. The van der Waals surface area contributed by atoms with Crippen molar-refractivity contribution in [3.63, 3.8) is 0 Å². The summed E-state index contributed by atoms with van der Waals surface area (Å²) in [5.41, 5.74) is 0.327. The maximum atomic E-state index is 13.7. The molecule has 0 amide bonds. The summed E-state index contributed by atoms with van der Waals surface area (Å²) in [5.74, 6) is 1.07. The minimum Gasteiger partial charge on any atom is -0.353 e. The Bertz CT molecular complexity index is 828. The van der Waals surface area contributed by atoms with Crippen LogP contribution in [0.3, 0.4) is 0 Å². The van der Waals surface area contributed by atoms with E-state index in [9.17, 15) is 12.8 Å². The molecule has 0 spiro atoms. The molecule has 0 saturated carbocycles. The largest absolute Gasteiger partial charge is 0.353 e. The molecule has 1 aromatic carbocycles. The molecule has 2 heterocycles. The standard InChI is InChI=1S/C16H19FN4O2S/c1-2-21(12-7-8-24(22,23)10-12)16-9-15(18-11-19-16)20-14-6-4-3-5-13(14)17/h3-6,9,11-12H,2,7-8,10H2,1H3,(H,18,19,20). The molecule has 1 N–H and O–H groups in total. The van der Waals surface area contributed by atoms with E-state index >= 15 is 0 Å². The van der Waals surface area contributed by atoms with Crippen LogP contribution >= 0.6 is 0 Å². The van der Waals surface area contributed by atoms with Crippen LogP contribution in [0.5, 0.6) is 0 Å². The highest BCUT2D eigenvalue weighted by molar-refractivity contribution is 7.91. The number of nitrogens with zero attached hydrogens (tertiary/aromatic N) is 3. The number of hydrogen-bond donors (Lipinski definition) is 1. The van der Waals surface area contributed by atoms with Gasteiger partial charge in [0.2, 0.25) is 0 Å². The molecule has 1 fully saturated rings. The quantitative estimate of drug-likeness (QED) is 0.892. The van der Waals surface area contributed by atoms with Crippen molar-refractivity contribution in [3.05, 3.63) is 42.5 Å². The number of nitrogens with one attached hydrogen (secondary N) is 1. The zero-order chi connectivity index (χ0) is 17.2. The third-order valence-corrected chi connectivity index (χ3v) is 5.82. The molecule has 2 aromatic rings. The van der Waals surface area contributed by atoms with E-state index in [1.165, 1.54) is 12.4 Å². The Hall–Kier alpha value is -2.22. The fraction of sp³-hybridized carbons (Fsp3) is 0.375. The first-order valence-corrected chi connectivity index (χ1v) is 9.61. The van der Waals surface area contributed by atoms with E-state index in [2.05, 4.69) is 15.3 Å². The van der Waals surface area contributed by atoms with Crippen LogP contribution in [-0.2, 0) is 9.84 Å². The van der Waals surface area contributed by atoms with Gasteiger partial charge in [0, 0.05) is 18.7 Å². The first-order chi connectivity index (χ1) is 11.5. The summed E-state index contributed by atoms with van der Waals surface area (Å²) in [6.45, 7) is 2.59. The number of halogens is 1. The second kappa shape index (κ2) is 6.72. The van der Waals surface area contributed by atoms with Crippen molar-refractivity contribution in [2.24, 2.45) is 0 Å². The monoisotopic (exact) mass is 350 g/mol. The van der Waals surface area contributed by atoms with Crippen LogP contribution in [0.25, 0.3) is 0 Å². The summed E-state index contributed by atoms with van der Waals surface area (Å²) < 4.78 is 37.2. The van der Waals surface area contributed by atoms with E-state index in [1.54, 1.807) is 24.3 Å². The molecule has 1 aromatic heterocycles. The lowest BCUT2D eigenvalue weighted by molar-refractivity contribution is 0.599. The summed E-state index contributed by atoms with van der Waals surface area (Å²) in [7, 11) is -2.97. The van der Waals surface area contributed by atoms with Gasteiger partial charge < -0.3 is 10.2 Å². The van der Waals surface area contributed by atoms with Gasteiger partial charge in [0.25, 0.3) is 0 Å². The predicted molar refractivity (Wildman–Crippen MR) is 91.8 cm³/mol. The molecule has 1 aliphatic rings. The van der Waals surface area contributed by atoms with Gasteiger partial charge in [0.1, 0.15) is 23.8 Å². The van der Waals surface area contributed by atoms with Crippen LogP contribution < -0.4 is 10.2 Å². The lowest BCUT2D eigenvalue weighted by Gasteiger charge is -2.28. The van der Waals surface area contributed by atoms with Crippen molar-refractivity contribution < 1.29 is 12.8 Å². The molecular weight excluding hydrogens is 331 g/mol. The Morgan fingerprint density at radius 1 is 1.33 bits per heavy atom. The fourth-order valence-electron chi connectivity index (χ4n) is 2.90. The van der Waals surface area contributed by atoms with E-state index in [4.69, 9.17) is 0 Å². The van der Waals surface area contributed by atoms with Crippen LogP contribution in [0.2, 0.25) is 0 Å². The Balaban J connectivity index is 1.83. The average molecular weight is 350 g/mol. The van der Waals surface area contributed by atoms with E-state index in [-0.39, 0.29) is 23.4 Å². The first kappa shape index (κ1) is 16.6. The Morgan fingerprint density at radius 3 is 2.79 bits per heavy atom. The van der Waals surface area contributed by atoms with Crippen molar-refractivity contribution in [2.75, 3.05) is 28.3 Å². The van der Waals surface area contributed by atoms with Gasteiger partial charge in [0.15, 0.2) is 9.84 Å². The van der Waals surface area contributed by atoms with Gasteiger partial charge in [-0.15, -0.1) is 0 Å². The van der Waals surface area contributed by atoms with Crippen molar-refractivity contribution in [1.29, 1.82) is 0 Å². The van der Waals surface area contributed by atoms with Crippen molar-refractivity contribution in [2.45, 2.75) is 19.4 Å². The van der Waals surface area contributed by atoms with E-state index < -0.39 is 9.84 Å². The van der Waals surface area contributed by atoms with Gasteiger partial charge in [0.05, 0.1) is 17.2 Å². The Kier molecular flexibility index (Phi) is 4.66. The van der Waals surface area contributed by atoms with Gasteiger partial charge in [-0.1, -0.05) is 12.1 Å². The molecule has 0 bridgehead atoms. The van der Waals surface area contributed by atoms with Gasteiger partial charge in [-0.05, 0) is 25.5 Å². The SMILES string of the molecule is CCN(c1cc(Nc2ccccc2F)ncn1)C1CCS(=O)(=O)C1. The van der Waals surface area contributed by atoms with Crippen LogP contribution in [0.1, 0.15) is 13.3 Å². The highest BCUT2D eigenvalue weighted by Gasteiger charge is 2.32. The maximum Gasteiger partial charge on any atom is 0.152 e. The van der Waals surface area contributed by atoms with Gasteiger partial charge in [-0.25, -0.2) is 22.8 Å². The van der Waals surface area contributed by atoms with Crippen LogP contribution in [0.4, 0.5) is 21.7 Å². The number of aromatic nitrogens is 2. The van der Waals surface area contributed by atoms with E-state index in [1.807, 2.05) is 11.8 Å². The molecule has 0 radical (unpaired) electrons. The zero-order valence-corrected chi connectivity index (χ0v) is 14.1. The molecule has 6 nitrogen and oxygen atoms in total. The number of sulfone groups is 1. The van der Waals surface area contributed by atoms with Crippen LogP contribution in [-0.4, -0.2) is 42.5 Å². The Morgan fingerprint density at radius 2 is 2.12 bits per heavy atom. The molecule has 1 unspecified atom stereocenters. The lowest BCUT2D eigenvalue weighted by Crippen LogP contribution is -2.36. The summed E-state index contributed by atoms with van der Waals surface area (Å²) >= 11 is 0. The lowest BCUT2D eigenvalue weighted by atomic mass is 10.2. The van der Waals surface area contributed by atoms with Crippen molar-refractivity contribution in [3.8, 4) is 0 Å². The molecule has 1 atom stereocenters. The number of rotatable bonds is 5. The maximum absolute atomic E-state index is 13.7. The van der Waals surface area contributed by atoms with Crippen molar-refractivity contribution >= 4 is 27.2 Å². The van der Waals surface area contributed by atoms with E-state index in [0.717, 1.165) is 0 Å². The molecule has 24 heavy (non-hydrogen) atoms. The minimum atomic E-state index is -2.97. The summed E-state index contributed by atoms with van der Waals surface area (Å²) in [5, 5.41) is 2.93. The molecule has 0 aliphatic carbocycles. The van der Waals surface area contributed by atoms with Crippen molar-refractivity contribution in [1.82, 2.24) is 9.97 Å². The number of para-hydroxylation sites is 1. The second-order valence-electron chi connectivity index (χ2n) is 5.71. The summed E-state index contributed by atoms with van der Waals surface area (Å²) in [6, 6.07) is 7.96. The molecule has 128 valence electrons. The fourth-order valence-corrected chi connectivity index (χ4v) is 4.63. The third kappa shape index (κ3) is 3.64. The normalized spacial score (nSPS) is 19.2. The molecular formula is C16H19FN4O2S. The van der Waals surface area contributed by atoms with Gasteiger partial charge >= 0.3 is 0 Å². The first-order valence-electron chi connectivity index (χ1n) is 7.79. The highest BCUT2D eigenvalue weighted by atomic mass is 32.2. The smallest absolute Gasteiger partial charge is 0.152 e. The predicted octanol–water partition coefficient (Wildman–Crippen LogP) is 2.37. The van der Waals surface area contributed by atoms with Gasteiger partial charge in [-0.3, -0.25) is 0 Å². The Labute approximate surface area is 140 Å². The third-order valence-electron chi connectivity index (χ3n) is 4.07.